The van der Waals surface area contributed by atoms with Gasteiger partial charge in [-0.1, -0.05) is 51.7 Å². The molecule has 0 aliphatic rings. The molecular weight excluding hydrogens is 160 g/mol. The summed E-state index contributed by atoms with van der Waals surface area (Å²) in [5.74, 6) is 0. The van der Waals surface area contributed by atoms with Gasteiger partial charge in [0.15, 0.2) is 0 Å². The Balaban J connectivity index is 3.23. The molecule has 0 aliphatic carbocycles. The van der Waals surface area contributed by atoms with Crippen LogP contribution in [0.2, 0.25) is 0 Å². The van der Waals surface area contributed by atoms with Crippen LogP contribution in [0.5, 0.6) is 0 Å². The fraction of sp³-hybridized carbons (Fsp3) is 0.833. The number of allylic oxidation sites excluding steroid dienone is 1. The van der Waals surface area contributed by atoms with Gasteiger partial charge in [0.05, 0.1) is 6.10 Å². The van der Waals surface area contributed by atoms with Crippen molar-refractivity contribution in [1.82, 2.24) is 0 Å². The Labute approximate surface area is 82.9 Å². The van der Waals surface area contributed by atoms with Crippen LogP contribution in [0.15, 0.2) is 12.2 Å². The van der Waals surface area contributed by atoms with Gasteiger partial charge in [-0.3, -0.25) is 0 Å². The highest BCUT2D eigenvalue weighted by molar-refractivity contribution is 4.83. The predicted octanol–water partition coefficient (Wildman–Crippen LogP) is 3.67. The van der Waals surface area contributed by atoms with Crippen LogP contribution in [-0.2, 0) is 0 Å². The lowest BCUT2D eigenvalue weighted by Gasteiger charge is -2.06. The fourth-order valence-electron chi connectivity index (χ4n) is 1.29. The minimum Gasteiger partial charge on any atom is -0.393 e. The molecule has 0 saturated heterocycles. The van der Waals surface area contributed by atoms with E-state index in [0.717, 1.165) is 19.3 Å². The molecule has 0 aromatic heterocycles. The van der Waals surface area contributed by atoms with Crippen molar-refractivity contribution < 1.29 is 5.11 Å². The number of hydrogen-bond donors (Lipinski definition) is 1. The molecule has 0 rings (SSSR count). The van der Waals surface area contributed by atoms with Crippen molar-refractivity contribution in [1.29, 1.82) is 0 Å². The first-order valence-electron chi connectivity index (χ1n) is 5.64. The van der Waals surface area contributed by atoms with E-state index in [2.05, 4.69) is 26.0 Å². The van der Waals surface area contributed by atoms with Crippen LogP contribution in [0, 0.1) is 0 Å². The Morgan fingerprint density at radius 2 is 1.85 bits per heavy atom. The van der Waals surface area contributed by atoms with Crippen LogP contribution in [0.4, 0.5) is 0 Å². The lowest BCUT2D eigenvalue weighted by Crippen LogP contribution is -2.03. The van der Waals surface area contributed by atoms with E-state index in [4.69, 9.17) is 0 Å². The summed E-state index contributed by atoms with van der Waals surface area (Å²) in [7, 11) is 0. The van der Waals surface area contributed by atoms with Gasteiger partial charge in [0.25, 0.3) is 0 Å². The van der Waals surface area contributed by atoms with Crippen molar-refractivity contribution in [3.8, 4) is 0 Å². The average Bonchev–Trinajstić information content (AvgIpc) is 2.13. The molecule has 0 aromatic carbocycles. The maximum Gasteiger partial charge on any atom is 0.0574 e. The maximum absolute atomic E-state index is 9.52. The lowest BCUT2D eigenvalue weighted by atomic mass is 10.1. The van der Waals surface area contributed by atoms with Crippen LogP contribution in [-0.4, -0.2) is 11.2 Å². The number of aliphatic hydroxyl groups is 1. The molecule has 1 heteroatoms. The van der Waals surface area contributed by atoms with Gasteiger partial charge >= 0.3 is 0 Å². The number of unbranched alkanes of at least 4 members (excludes halogenated alkanes) is 3. The van der Waals surface area contributed by atoms with Crippen molar-refractivity contribution in [3.05, 3.63) is 12.2 Å². The zero-order chi connectivity index (χ0) is 9.94. The van der Waals surface area contributed by atoms with E-state index in [1.54, 1.807) is 0 Å². The van der Waals surface area contributed by atoms with E-state index in [9.17, 15) is 5.11 Å². The molecule has 0 radical (unpaired) electrons. The van der Waals surface area contributed by atoms with Crippen LogP contribution in [0.25, 0.3) is 0 Å². The third kappa shape index (κ3) is 9.62. The summed E-state index contributed by atoms with van der Waals surface area (Å²) in [6.07, 6.45) is 12.0. The quantitative estimate of drug-likeness (QED) is 0.451. The second-order valence-corrected chi connectivity index (χ2v) is 3.65. The van der Waals surface area contributed by atoms with E-state index in [-0.39, 0.29) is 6.10 Å². The number of aliphatic hydroxyl groups excluding tert-OH is 1. The van der Waals surface area contributed by atoms with E-state index in [0.29, 0.717) is 0 Å². The minimum atomic E-state index is -0.111. The second-order valence-electron chi connectivity index (χ2n) is 3.65. The highest BCUT2D eigenvalue weighted by Gasteiger charge is 1.99. The van der Waals surface area contributed by atoms with Crippen LogP contribution >= 0.6 is 0 Å². The van der Waals surface area contributed by atoms with Gasteiger partial charge in [-0.15, -0.1) is 0 Å². The largest absolute Gasteiger partial charge is 0.393 e. The molecule has 0 heterocycles. The predicted molar refractivity (Wildman–Crippen MR) is 58.8 cm³/mol. The van der Waals surface area contributed by atoms with Gasteiger partial charge in [0.1, 0.15) is 0 Å². The lowest BCUT2D eigenvalue weighted by molar-refractivity contribution is 0.164. The highest BCUT2D eigenvalue weighted by Crippen LogP contribution is 2.07. The molecule has 0 spiro atoms. The molecule has 78 valence electrons. The summed E-state index contributed by atoms with van der Waals surface area (Å²) in [5, 5.41) is 9.52. The zero-order valence-electron chi connectivity index (χ0n) is 9.13. The Bertz CT molecular complexity index is 118. The summed E-state index contributed by atoms with van der Waals surface area (Å²) in [4.78, 5) is 0. The van der Waals surface area contributed by atoms with Crippen LogP contribution in [0.3, 0.4) is 0 Å². The Morgan fingerprint density at radius 3 is 2.46 bits per heavy atom. The molecule has 1 atom stereocenters. The normalized spacial score (nSPS) is 13.8. The average molecular weight is 184 g/mol. The first-order chi connectivity index (χ1) is 6.31. The summed E-state index contributed by atoms with van der Waals surface area (Å²) in [5.41, 5.74) is 0. The monoisotopic (exact) mass is 184 g/mol. The van der Waals surface area contributed by atoms with E-state index in [1.165, 1.54) is 25.7 Å². The van der Waals surface area contributed by atoms with Crippen molar-refractivity contribution in [2.45, 2.75) is 64.9 Å². The molecule has 1 nitrogen and oxygen atoms in total. The SMILES string of the molecule is CCCC=CCC(O)CCCCC. The smallest absolute Gasteiger partial charge is 0.0574 e. The first-order valence-corrected chi connectivity index (χ1v) is 5.64. The third-order valence-electron chi connectivity index (χ3n) is 2.17. The molecular formula is C12H24O. The molecule has 0 aliphatic heterocycles. The van der Waals surface area contributed by atoms with Gasteiger partial charge in [-0.05, 0) is 19.3 Å². The molecule has 0 bridgehead atoms. The van der Waals surface area contributed by atoms with Gasteiger partial charge in [-0.2, -0.15) is 0 Å². The number of hydrogen-bond acceptors (Lipinski definition) is 1. The fourth-order valence-corrected chi connectivity index (χ4v) is 1.29. The van der Waals surface area contributed by atoms with Crippen molar-refractivity contribution >= 4 is 0 Å². The topological polar surface area (TPSA) is 20.2 Å². The van der Waals surface area contributed by atoms with Gasteiger partial charge in [-0.25, -0.2) is 0 Å². The zero-order valence-corrected chi connectivity index (χ0v) is 9.13. The standard InChI is InChI=1S/C12H24O/c1-3-5-7-9-11-12(13)10-8-6-4-2/h7,9,12-13H,3-6,8,10-11H2,1-2H3. The Kier molecular flexibility index (Phi) is 9.56. The van der Waals surface area contributed by atoms with E-state index < -0.39 is 0 Å². The Morgan fingerprint density at radius 1 is 1.08 bits per heavy atom. The second kappa shape index (κ2) is 9.79. The van der Waals surface area contributed by atoms with Crippen molar-refractivity contribution in [2.24, 2.45) is 0 Å². The van der Waals surface area contributed by atoms with Crippen LogP contribution in [0.1, 0.15) is 58.8 Å². The van der Waals surface area contributed by atoms with E-state index in [1.807, 2.05) is 0 Å². The Hall–Kier alpha value is -0.300. The molecule has 0 fully saturated rings. The molecule has 1 unspecified atom stereocenters. The highest BCUT2D eigenvalue weighted by atomic mass is 16.3. The van der Waals surface area contributed by atoms with Gasteiger partial charge < -0.3 is 5.11 Å². The van der Waals surface area contributed by atoms with Crippen LogP contribution < -0.4 is 0 Å². The van der Waals surface area contributed by atoms with E-state index >= 15 is 0 Å². The molecule has 0 amide bonds. The van der Waals surface area contributed by atoms with Crippen molar-refractivity contribution in [3.63, 3.8) is 0 Å². The minimum absolute atomic E-state index is 0.111. The molecule has 0 aromatic rings. The van der Waals surface area contributed by atoms with Crippen molar-refractivity contribution in [2.75, 3.05) is 0 Å². The molecule has 1 N–H and O–H groups in total. The maximum atomic E-state index is 9.52. The number of rotatable bonds is 8. The first kappa shape index (κ1) is 12.7. The summed E-state index contributed by atoms with van der Waals surface area (Å²) >= 11 is 0. The molecule has 0 saturated carbocycles. The summed E-state index contributed by atoms with van der Waals surface area (Å²) in [6.45, 7) is 4.36. The third-order valence-corrected chi connectivity index (χ3v) is 2.17. The summed E-state index contributed by atoms with van der Waals surface area (Å²) in [6, 6.07) is 0. The molecule has 13 heavy (non-hydrogen) atoms. The van der Waals surface area contributed by atoms with Gasteiger partial charge in [0, 0.05) is 0 Å². The summed E-state index contributed by atoms with van der Waals surface area (Å²) < 4.78 is 0. The van der Waals surface area contributed by atoms with Gasteiger partial charge in [0.2, 0.25) is 0 Å².